The smallest absolute Gasteiger partial charge is 0.161 e. The summed E-state index contributed by atoms with van der Waals surface area (Å²) in [5.41, 5.74) is 0.422. The van der Waals surface area contributed by atoms with E-state index in [0.717, 1.165) is 17.8 Å². The molecule has 0 atom stereocenters. The van der Waals surface area contributed by atoms with E-state index in [4.69, 9.17) is 11.6 Å². The first-order valence-corrected chi connectivity index (χ1v) is 6.60. The van der Waals surface area contributed by atoms with Crippen LogP contribution in [0.15, 0.2) is 46.2 Å². The molecule has 1 nitrogen and oxygen atoms in total. The number of Topliss-reactive ketones (excluding diaryl/α,β-unsaturated/α-hetero) is 1. The Hall–Kier alpha value is -1.39. The second-order valence-corrected chi connectivity index (χ2v) is 5.40. The van der Waals surface area contributed by atoms with Crippen molar-refractivity contribution in [1.29, 1.82) is 0 Å². The highest BCUT2D eigenvalue weighted by Gasteiger charge is 2.09. The molecule has 0 aliphatic heterocycles. The van der Waals surface area contributed by atoms with Crippen LogP contribution in [-0.4, -0.2) is 5.78 Å². The summed E-state index contributed by atoms with van der Waals surface area (Å²) in [6.45, 7) is 1.42. The summed E-state index contributed by atoms with van der Waals surface area (Å²) in [4.78, 5) is 12.2. The summed E-state index contributed by atoms with van der Waals surface area (Å²) >= 11 is 7.09. The molecule has 2 aromatic carbocycles. The Kier molecular flexibility index (Phi) is 4.22. The largest absolute Gasteiger partial charge is 0.294 e. The number of hydrogen-bond donors (Lipinski definition) is 0. The third-order valence-electron chi connectivity index (χ3n) is 2.44. The number of carbonyl (C=O) groups is 1. The van der Waals surface area contributed by atoms with Gasteiger partial charge in [-0.25, -0.2) is 8.78 Å². The molecule has 0 bridgehead atoms. The molecule has 0 aliphatic carbocycles. The van der Waals surface area contributed by atoms with E-state index in [0.29, 0.717) is 20.4 Å². The van der Waals surface area contributed by atoms with Crippen LogP contribution in [0.5, 0.6) is 0 Å². The molecule has 0 aliphatic rings. The van der Waals surface area contributed by atoms with Gasteiger partial charge in [0, 0.05) is 21.4 Å². The Labute approximate surface area is 118 Å². The van der Waals surface area contributed by atoms with Crippen molar-refractivity contribution in [3.8, 4) is 0 Å². The zero-order chi connectivity index (χ0) is 14.0. The molecule has 0 heterocycles. The summed E-state index contributed by atoms with van der Waals surface area (Å²) in [5, 5.41) is 0.319. The molecule has 0 unspecified atom stereocenters. The Morgan fingerprint density at radius 3 is 2.47 bits per heavy atom. The molecule has 0 fully saturated rings. The maximum Gasteiger partial charge on any atom is 0.161 e. The van der Waals surface area contributed by atoms with Crippen LogP contribution in [-0.2, 0) is 0 Å². The summed E-state index contributed by atoms with van der Waals surface area (Å²) in [6, 6.07) is 8.24. The fourth-order valence-electron chi connectivity index (χ4n) is 1.53. The zero-order valence-corrected chi connectivity index (χ0v) is 11.5. The zero-order valence-electron chi connectivity index (χ0n) is 9.91. The van der Waals surface area contributed by atoms with Crippen molar-refractivity contribution in [2.75, 3.05) is 0 Å². The first kappa shape index (κ1) is 14.0. The molecule has 2 rings (SSSR count). The highest BCUT2D eigenvalue weighted by molar-refractivity contribution is 7.99. The predicted molar refractivity (Wildman–Crippen MR) is 71.9 cm³/mol. The van der Waals surface area contributed by atoms with Gasteiger partial charge < -0.3 is 0 Å². The van der Waals surface area contributed by atoms with Gasteiger partial charge in [-0.2, -0.15) is 0 Å². The van der Waals surface area contributed by atoms with Crippen molar-refractivity contribution >= 4 is 29.1 Å². The van der Waals surface area contributed by atoms with Crippen molar-refractivity contribution in [2.24, 2.45) is 0 Å². The first-order valence-electron chi connectivity index (χ1n) is 5.41. The minimum atomic E-state index is -0.628. The van der Waals surface area contributed by atoms with Crippen molar-refractivity contribution in [3.63, 3.8) is 0 Å². The highest BCUT2D eigenvalue weighted by atomic mass is 35.5. The molecule has 0 aromatic heterocycles. The Balaban J connectivity index is 2.29. The van der Waals surface area contributed by atoms with Crippen LogP contribution in [0.3, 0.4) is 0 Å². The van der Waals surface area contributed by atoms with E-state index in [1.165, 1.54) is 19.1 Å². The van der Waals surface area contributed by atoms with Crippen LogP contribution < -0.4 is 0 Å². The molecule has 0 saturated carbocycles. The standard InChI is InChI=1S/C14H9ClF2OS/c1-8(18)11-4-3-10(7-12(11)15)19-14-5-2-9(16)6-13(14)17/h2-7H,1H3. The van der Waals surface area contributed by atoms with E-state index in [-0.39, 0.29) is 5.78 Å². The van der Waals surface area contributed by atoms with Gasteiger partial charge >= 0.3 is 0 Å². The molecule has 0 N–H and O–H groups in total. The van der Waals surface area contributed by atoms with Crippen molar-refractivity contribution in [2.45, 2.75) is 16.7 Å². The van der Waals surface area contributed by atoms with Crippen LogP contribution >= 0.6 is 23.4 Å². The van der Waals surface area contributed by atoms with E-state index in [1.54, 1.807) is 18.2 Å². The highest BCUT2D eigenvalue weighted by Crippen LogP contribution is 2.32. The van der Waals surface area contributed by atoms with E-state index in [9.17, 15) is 13.6 Å². The lowest BCUT2D eigenvalue weighted by Gasteiger charge is -2.06. The number of carbonyl (C=O) groups excluding carboxylic acids is 1. The fourth-order valence-corrected chi connectivity index (χ4v) is 2.77. The minimum Gasteiger partial charge on any atom is -0.294 e. The lowest BCUT2D eigenvalue weighted by atomic mass is 10.1. The third-order valence-corrected chi connectivity index (χ3v) is 3.79. The van der Waals surface area contributed by atoms with Crippen LogP contribution in [0.1, 0.15) is 17.3 Å². The van der Waals surface area contributed by atoms with Gasteiger partial charge in [0.2, 0.25) is 0 Å². The second-order valence-electron chi connectivity index (χ2n) is 3.87. The van der Waals surface area contributed by atoms with Crippen molar-refractivity contribution < 1.29 is 13.6 Å². The molecule has 2 aromatic rings. The number of benzene rings is 2. The predicted octanol–water partition coefficient (Wildman–Crippen LogP) is 4.97. The summed E-state index contributed by atoms with van der Waals surface area (Å²) in [7, 11) is 0. The molecule has 0 amide bonds. The van der Waals surface area contributed by atoms with Gasteiger partial charge in [0.1, 0.15) is 11.6 Å². The van der Waals surface area contributed by atoms with Crippen LogP contribution in [0.25, 0.3) is 0 Å². The average molecular weight is 299 g/mol. The molecule has 19 heavy (non-hydrogen) atoms. The molecular formula is C14H9ClF2OS. The van der Waals surface area contributed by atoms with Gasteiger partial charge in [-0.3, -0.25) is 4.79 Å². The Bertz CT molecular complexity index is 643. The molecule has 0 radical (unpaired) electrons. The van der Waals surface area contributed by atoms with Gasteiger partial charge in [0.25, 0.3) is 0 Å². The van der Waals surface area contributed by atoms with Crippen molar-refractivity contribution in [3.05, 3.63) is 58.6 Å². The number of halogens is 3. The van der Waals surface area contributed by atoms with E-state index in [1.807, 2.05) is 0 Å². The number of hydrogen-bond acceptors (Lipinski definition) is 2. The first-order chi connectivity index (χ1) is 8.97. The van der Waals surface area contributed by atoms with Gasteiger partial charge in [-0.05, 0) is 37.3 Å². The van der Waals surface area contributed by atoms with E-state index >= 15 is 0 Å². The molecule has 5 heteroatoms. The van der Waals surface area contributed by atoms with Gasteiger partial charge in [-0.1, -0.05) is 23.4 Å². The maximum atomic E-state index is 13.5. The van der Waals surface area contributed by atoms with Gasteiger partial charge in [-0.15, -0.1) is 0 Å². The Morgan fingerprint density at radius 2 is 1.89 bits per heavy atom. The molecule has 0 spiro atoms. The quantitative estimate of drug-likeness (QED) is 0.744. The van der Waals surface area contributed by atoms with Crippen LogP contribution in [0, 0.1) is 11.6 Å². The Morgan fingerprint density at radius 1 is 1.16 bits per heavy atom. The van der Waals surface area contributed by atoms with Gasteiger partial charge in [0.15, 0.2) is 5.78 Å². The average Bonchev–Trinajstić information content (AvgIpc) is 2.32. The second kappa shape index (κ2) is 5.72. The topological polar surface area (TPSA) is 17.1 Å². The lowest BCUT2D eigenvalue weighted by Crippen LogP contribution is -1.93. The molecule has 98 valence electrons. The lowest BCUT2D eigenvalue weighted by molar-refractivity contribution is 0.101. The molecule has 0 saturated heterocycles. The summed E-state index contributed by atoms with van der Waals surface area (Å²) in [6.07, 6.45) is 0. The van der Waals surface area contributed by atoms with Crippen LogP contribution in [0.2, 0.25) is 5.02 Å². The van der Waals surface area contributed by atoms with Crippen LogP contribution in [0.4, 0.5) is 8.78 Å². The van der Waals surface area contributed by atoms with Crippen molar-refractivity contribution in [1.82, 2.24) is 0 Å². The SMILES string of the molecule is CC(=O)c1ccc(Sc2ccc(F)cc2F)cc1Cl. The number of rotatable bonds is 3. The minimum absolute atomic E-state index is 0.130. The third kappa shape index (κ3) is 3.33. The van der Waals surface area contributed by atoms with E-state index < -0.39 is 11.6 Å². The fraction of sp³-hybridized carbons (Fsp3) is 0.0714. The maximum absolute atomic E-state index is 13.5. The monoisotopic (exact) mass is 298 g/mol. The van der Waals surface area contributed by atoms with E-state index in [2.05, 4.69) is 0 Å². The summed E-state index contributed by atoms with van der Waals surface area (Å²) < 4.78 is 26.3. The normalized spacial score (nSPS) is 10.5. The number of ketones is 1. The summed E-state index contributed by atoms with van der Waals surface area (Å²) in [5.74, 6) is -1.38. The molecular weight excluding hydrogens is 290 g/mol. The van der Waals surface area contributed by atoms with Gasteiger partial charge in [0.05, 0.1) is 5.02 Å².